The van der Waals surface area contributed by atoms with Crippen molar-refractivity contribution in [1.29, 1.82) is 0 Å². The van der Waals surface area contributed by atoms with E-state index in [0.717, 1.165) is 18.8 Å². The predicted octanol–water partition coefficient (Wildman–Crippen LogP) is -0.0598. The summed E-state index contributed by atoms with van der Waals surface area (Å²) in [7, 11) is 0. The summed E-state index contributed by atoms with van der Waals surface area (Å²) in [5.74, 6) is -0.0815. The fourth-order valence-electron chi connectivity index (χ4n) is 2.40. The van der Waals surface area contributed by atoms with Crippen LogP contribution in [0.15, 0.2) is 12.4 Å². The number of ether oxygens (including phenoxy) is 1. The Hall–Kier alpha value is -1.57. The molecule has 1 atom stereocenters. The average Bonchev–Trinajstić information content (AvgIpc) is 2.54. The number of nitrogens with zero attached hydrogens (tertiary/aromatic N) is 4. The Morgan fingerprint density at radius 1 is 1.32 bits per heavy atom. The molecule has 1 aliphatic rings. The van der Waals surface area contributed by atoms with Crippen LogP contribution in [0.4, 0.5) is 0 Å². The van der Waals surface area contributed by atoms with Crippen LogP contribution in [0.3, 0.4) is 0 Å². The second kappa shape index (κ2) is 8.17. The molecular weight excluding hydrogens is 284 g/mol. The first-order valence-electron chi connectivity index (χ1n) is 7.66. The van der Waals surface area contributed by atoms with Crippen molar-refractivity contribution in [1.82, 2.24) is 19.8 Å². The fourth-order valence-corrected chi connectivity index (χ4v) is 2.40. The maximum atomic E-state index is 12.3. The van der Waals surface area contributed by atoms with Gasteiger partial charge in [-0.05, 0) is 13.8 Å². The van der Waals surface area contributed by atoms with Crippen LogP contribution < -0.4 is 0 Å². The number of hydrogen-bond acceptors (Lipinski definition) is 6. The molecule has 2 rings (SSSR count). The highest BCUT2D eigenvalue weighted by Gasteiger charge is 2.24. The van der Waals surface area contributed by atoms with E-state index in [-0.39, 0.29) is 5.91 Å². The zero-order valence-electron chi connectivity index (χ0n) is 13.2. The number of aryl methyl sites for hydroxylation is 1. The number of aliphatic hydroxyl groups excluding tert-OH is 1. The van der Waals surface area contributed by atoms with Gasteiger partial charge in [0, 0.05) is 45.5 Å². The minimum Gasteiger partial charge on any atom is -0.389 e. The largest absolute Gasteiger partial charge is 0.389 e. The summed E-state index contributed by atoms with van der Waals surface area (Å²) in [5, 5.41) is 9.85. The van der Waals surface area contributed by atoms with Crippen LogP contribution in [0.1, 0.15) is 23.1 Å². The van der Waals surface area contributed by atoms with Gasteiger partial charge in [0.1, 0.15) is 5.69 Å². The number of aromatic nitrogens is 2. The van der Waals surface area contributed by atoms with Gasteiger partial charge >= 0.3 is 0 Å². The van der Waals surface area contributed by atoms with Gasteiger partial charge in [-0.3, -0.25) is 14.7 Å². The Labute approximate surface area is 130 Å². The predicted molar refractivity (Wildman–Crippen MR) is 81.6 cm³/mol. The zero-order chi connectivity index (χ0) is 15.9. The summed E-state index contributed by atoms with van der Waals surface area (Å²) in [4.78, 5) is 24.5. The summed E-state index contributed by atoms with van der Waals surface area (Å²) in [6.07, 6.45) is 2.65. The van der Waals surface area contributed by atoms with Gasteiger partial charge in [0.2, 0.25) is 0 Å². The first-order valence-corrected chi connectivity index (χ1v) is 7.66. The van der Waals surface area contributed by atoms with E-state index >= 15 is 0 Å². The molecule has 122 valence electrons. The Balaban J connectivity index is 1.79. The van der Waals surface area contributed by atoms with Gasteiger partial charge in [0.15, 0.2) is 0 Å². The van der Waals surface area contributed by atoms with Crippen molar-refractivity contribution >= 4 is 5.91 Å². The number of piperazine rings is 1. The smallest absolute Gasteiger partial charge is 0.274 e. The fraction of sp³-hybridized carbons (Fsp3) is 0.667. The van der Waals surface area contributed by atoms with Crippen LogP contribution in [0, 0.1) is 6.92 Å². The number of rotatable bonds is 6. The monoisotopic (exact) mass is 308 g/mol. The molecule has 0 aromatic carbocycles. The van der Waals surface area contributed by atoms with E-state index in [9.17, 15) is 9.90 Å². The van der Waals surface area contributed by atoms with Gasteiger partial charge in [-0.2, -0.15) is 0 Å². The molecule has 0 saturated carbocycles. The second-order valence-electron chi connectivity index (χ2n) is 5.45. The molecule has 22 heavy (non-hydrogen) atoms. The van der Waals surface area contributed by atoms with Crippen LogP contribution in [0.2, 0.25) is 0 Å². The first kappa shape index (κ1) is 16.8. The standard InChI is InChI=1S/C15H24N4O3/c1-3-22-11-13(20)10-18-4-6-19(7-5-18)15(21)14-9-16-12(2)8-17-14/h8-9,13,20H,3-7,10-11H2,1-2H3/t13-/m1/s1. The van der Waals surface area contributed by atoms with E-state index in [1.54, 1.807) is 11.1 Å². The van der Waals surface area contributed by atoms with Gasteiger partial charge < -0.3 is 14.7 Å². The topological polar surface area (TPSA) is 78.8 Å². The van der Waals surface area contributed by atoms with E-state index in [0.29, 0.717) is 38.5 Å². The molecule has 0 aliphatic carbocycles. The van der Waals surface area contributed by atoms with E-state index < -0.39 is 6.10 Å². The average molecular weight is 308 g/mol. The van der Waals surface area contributed by atoms with E-state index in [2.05, 4.69) is 14.9 Å². The molecular formula is C15H24N4O3. The minimum atomic E-state index is -0.481. The number of β-amino-alcohol motifs (C(OH)–C–C–N with tert-alkyl or cyclic N) is 1. The van der Waals surface area contributed by atoms with Crippen molar-refractivity contribution in [2.24, 2.45) is 0 Å². The molecule has 1 fully saturated rings. The number of carbonyl (C=O) groups excluding carboxylic acids is 1. The molecule has 1 aliphatic heterocycles. The van der Waals surface area contributed by atoms with Crippen molar-refractivity contribution in [2.45, 2.75) is 20.0 Å². The van der Waals surface area contributed by atoms with Crippen molar-refractivity contribution < 1.29 is 14.6 Å². The lowest BCUT2D eigenvalue weighted by Crippen LogP contribution is -2.51. The van der Waals surface area contributed by atoms with Gasteiger partial charge in [0.05, 0.1) is 24.6 Å². The van der Waals surface area contributed by atoms with Crippen LogP contribution in [0.25, 0.3) is 0 Å². The molecule has 0 bridgehead atoms. The van der Waals surface area contributed by atoms with Gasteiger partial charge in [-0.1, -0.05) is 0 Å². The van der Waals surface area contributed by atoms with Crippen molar-refractivity contribution in [3.05, 3.63) is 23.8 Å². The number of aliphatic hydroxyl groups is 1. The van der Waals surface area contributed by atoms with Crippen LogP contribution in [-0.2, 0) is 4.74 Å². The van der Waals surface area contributed by atoms with E-state index in [1.807, 2.05) is 13.8 Å². The van der Waals surface area contributed by atoms with Crippen LogP contribution in [0.5, 0.6) is 0 Å². The van der Waals surface area contributed by atoms with Crippen LogP contribution >= 0.6 is 0 Å². The third-order valence-corrected chi connectivity index (χ3v) is 3.64. The summed E-state index contributed by atoms with van der Waals surface area (Å²) in [5.41, 5.74) is 1.18. The van der Waals surface area contributed by atoms with E-state index in [4.69, 9.17) is 4.74 Å². The Bertz CT molecular complexity index is 472. The highest BCUT2D eigenvalue weighted by Crippen LogP contribution is 2.07. The first-order chi connectivity index (χ1) is 10.6. The summed E-state index contributed by atoms with van der Waals surface area (Å²) in [6, 6.07) is 0. The lowest BCUT2D eigenvalue weighted by molar-refractivity contribution is 0.0110. The van der Waals surface area contributed by atoms with Gasteiger partial charge in [0.25, 0.3) is 5.91 Å². The third-order valence-electron chi connectivity index (χ3n) is 3.64. The Morgan fingerprint density at radius 3 is 2.64 bits per heavy atom. The molecule has 0 spiro atoms. The highest BCUT2D eigenvalue weighted by molar-refractivity contribution is 5.92. The molecule has 1 N–H and O–H groups in total. The highest BCUT2D eigenvalue weighted by atomic mass is 16.5. The molecule has 7 nitrogen and oxygen atoms in total. The molecule has 0 radical (unpaired) electrons. The zero-order valence-corrected chi connectivity index (χ0v) is 13.2. The summed E-state index contributed by atoms with van der Waals surface area (Å²) in [6.45, 7) is 8.05. The van der Waals surface area contributed by atoms with Gasteiger partial charge in [-0.25, -0.2) is 4.98 Å². The second-order valence-corrected chi connectivity index (χ2v) is 5.45. The summed E-state index contributed by atoms with van der Waals surface area (Å²) < 4.78 is 5.21. The lowest BCUT2D eigenvalue weighted by Gasteiger charge is -2.35. The molecule has 1 saturated heterocycles. The molecule has 1 aromatic rings. The van der Waals surface area contributed by atoms with E-state index in [1.165, 1.54) is 6.20 Å². The Kier molecular flexibility index (Phi) is 6.23. The normalized spacial score (nSPS) is 17.5. The van der Waals surface area contributed by atoms with Crippen molar-refractivity contribution in [3.8, 4) is 0 Å². The molecule has 1 amide bonds. The summed E-state index contributed by atoms with van der Waals surface area (Å²) >= 11 is 0. The number of hydrogen-bond donors (Lipinski definition) is 1. The SMILES string of the molecule is CCOC[C@H](O)CN1CCN(C(=O)c2cnc(C)cn2)CC1. The molecule has 0 unspecified atom stereocenters. The Morgan fingerprint density at radius 2 is 2.05 bits per heavy atom. The number of carbonyl (C=O) groups is 1. The maximum Gasteiger partial charge on any atom is 0.274 e. The van der Waals surface area contributed by atoms with Gasteiger partial charge in [-0.15, -0.1) is 0 Å². The number of amides is 1. The molecule has 1 aromatic heterocycles. The molecule has 2 heterocycles. The lowest BCUT2D eigenvalue weighted by atomic mass is 10.2. The van der Waals surface area contributed by atoms with Crippen molar-refractivity contribution in [3.63, 3.8) is 0 Å². The minimum absolute atomic E-state index is 0.0815. The van der Waals surface area contributed by atoms with Crippen LogP contribution in [-0.4, -0.2) is 82.8 Å². The quantitative estimate of drug-likeness (QED) is 0.793. The molecule has 7 heteroatoms. The van der Waals surface area contributed by atoms with Crippen molar-refractivity contribution in [2.75, 3.05) is 45.9 Å². The maximum absolute atomic E-state index is 12.3. The third kappa shape index (κ3) is 4.72.